The molecule has 0 spiro atoms. The first-order valence-electron chi connectivity index (χ1n) is 7.21. The summed E-state index contributed by atoms with van der Waals surface area (Å²) < 4.78 is 0. The Labute approximate surface area is 108 Å². The summed E-state index contributed by atoms with van der Waals surface area (Å²) in [6, 6.07) is 0. The number of rotatable bonds is 11. The second-order valence-electron chi connectivity index (χ2n) is 4.98. The molecule has 0 aliphatic carbocycles. The smallest absolute Gasteiger partial charge is 0.0499 e. The Kier molecular flexibility index (Phi) is 9.79. The van der Waals surface area contributed by atoms with Crippen LogP contribution in [0.5, 0.6) is 0 Å². The number of nitrogens with zero attached hydrogens (tertiary/aromatic N) is 1. The molecule has 104 valence electrons. The first kappa shape index (κ1) is 16.9. The highest BCUT2D eigenvalue weighted by Gasteiger charge is 2.24. The third-order valence-corrected chi connectivity index (χ3v) is 3.93. The van der Waals surface area contributed by atoms with Crippen molar-refractivity contribution < 1.29 is 5.11 Å². The molecule has 0 bridgehead atoms. The Balaban J connectivity index is 3.81. The molecule has 0 fully saturated rings. The van der Waals surface area contributed by atoms with Gasteiger partial charge in [-0.15, -0.1) is 0 Å². The van der Waals surface area contributed by atoms with Gasteiger partial charge in [0, 0.05) is 31.7 Å². The predicted molar refractivity (Wildman–Crippen MR) is 75.4 cm³/mol. The summed E-state index contributed by atoms with van der Waals surface area (Å²) in [5, 5.41) is 13.0. The summed E-state index contributed by atoms with van der Waals surface area (Å²) in [5.41, 5.74) is 0.0851. The van der Waals surface area contributed by atoms with Gasteiger partial charge in [0.1, 0.15) is 0 Å². The van der Waals surface area contributed by atoms with Crippen molar-refractivity contribution in [1.29, 1.82) is 0 Å². The van der Waals surface area contributed by atoms with Crippen LogP contribution in [0.2, 0.25) is 0 Å². The second-order valence-corrected chi connectivity index (χ2v) is 4.98. The molecule has 0 saturated heterocycles. The molecule has 0 aromatic carbocycles. The molecule has 0 rings (SSSR count). The number of aliphatic hydroxyl groups excluding tert-OH is 1. The van der Waals surface area contributed by atoms with Gasteiger partial charge in [-0.3, -0.25) is 0 Å². The van der Waals surface area contributed by atoms with E-state index in [1.807, 2.05) is 0 Å². The molecule has 0 radical (unpaired) electrons. The first-order valence-corrected chi connectivity index (χ1v) is 7.21. The minimum absolute atomic E-state index is 0.0851. The van der Waals surface area contributed by atoms with Gasteiger partial charge in [0.05, 0.1) is 0 Å². The molecule has 0 aliphatic rings. The normalized spacial score (nSPS) is 12.4. The van der Waals surface area contributed by atoms with Crippen LogP contribution in [0.15, 0.2) is 0 Å². The van der Waals surface area contributed by atoms with E-state index in [0.29, 0.717) is 6.61 Å². The van der Waals surface area contributed by atoms with E-state index in [1.54, 1.807) is 0 Å². The fraction of sp³-hybridized carbons (Fsp3) is 1.00. The first-order chi connectivity index (χ1) is 8.17. The van der Waals surface area contributed by atoms with E-state index >= 15 is 0 Å². The number of hydrogen-bond acceptors (Lipinski definition) is 3. The highest BCUT2D eigenvalue weighted by molar-refractivity contribution is 4.78. The van der Waals surface area contributed by atoms with Crippen molar-refractivity contribution in [2.75, 3.05) is 39.3 Å². The van der Waals surface area contributed by atoms with Crippen LogP contribution in [0.4, 0.5) is 0 Å². The average molecular weight is 244 g/mol. The van der Waals surface area contributed by atoms with Gasteiger partial charge in [0.2, 0.25) is 0 Å². The standard InChI is InChI=1S/C14H32N2O/c1-5-10-16(8-4)11-9-15-12-14(6-2,7-3)13-17/h15,17H,5-13H2,1-4H3. The number of hydrogen-bond donors (Lipinski definition) is 2. The lowest BCUT2D eigenvalue weighted by molar-refractivity contribution is 0.112. The largest absolute Gasteiger partial charge is 0.396 e. The molecule has 0 atom stereocenters. The summed E-state index contributed by atoms with van der Waals surface area (Å²) >= 11 is 0. The molecule has 0 amide bonds. The Hall–Kier alpha value is -0.120. The van der Waals surface area contributed by atoms with Gasteiger partial charge in [-0.25, -0.2) is 0 Å². The summed E-state index contributed by atoms with van der Waals surface area (Å²) in [4.78, 5) is 2.46. The molecule has 0 heterocycles. The van der Waals surface area contributed by atoms with Crippen molar-refractivity contribution in [1.82, 2.24) is 10.2 Å². The summed E-state index contributed by atoms with van der Waals surface area (Å²) in [6.45, 7) is 14.4. The van der Waals surface area contributed by atoms with E-state index in [4.69, 9.17) is 0 Å². The van der Waals surface area contributed by atoms with Crippen molar-refractivity contribution in [3.05, 3.63) is 0 Å². The van der Waals surface area contributed by atoms with Crippen LogP contribution in [0.3, 0.4) is 0 Å². The summed E-state index contributed by atoms with van der Waals surface area (Å²) in [5.74, 6) is 0. The van der Waals surface area contributed by atoms with E-state index in [2.05, 4.69) is 37.9 Å². The van der Waals surface area contributed by atoms with Crippen LogP contribution < -0.4 is 5.32 Å². The van der Waals surface area contributed by atoms with Gasteiger partial charge in [-0.2, -0.15) is 0 Å². The zero-order valence-electron chi connectivity index (χ0n) is 12.3. The fourth-order valence-corrected chi connectivity index (χ4v) is 2.11. The summed E-state index contributed by atoms with van der Waals surface area (Å²) in [7, 11) is 0. The van der Waals surface area contributed by atoms with Crippen LogP contribution in [-0.4, -0.2) is 49.3 Å². The minimum atomic E-state index is 0.0851. The van der Waals surface area contributed by atoms with Crippen LogP contribution in [0.1, 0.15) is 47.0 Å². The van der Waals surface area contributed by atoms with Crippen molar-refractivity contribution in [3.63, 3.8) is 0 Å². The highest BCUT2D eigenvalue weighted by Crippen LogP contribution is 2.24. The highest BCUT2D eigenvalue weighted by atomic mass is 16.3. The lowest BCUT2D eigenvalue weighted by Crippen LogP contribution is -2.40. The summed E-state index contributed by atoms with van der Waals surface area (Å²) in [6.07, 6.45) is 3.30. The second kappa shape index (κ2) is 9.86. The Morgan fingerprint density at radius 2 is 1.71 bits per heavy atom. The third-order valence-electron chi connectivity index (χ3n) is 3.93. The average Bonchev–Trinajstić information content (AvgIpc) is 2.38. The lowest BCUT2D eigenvalue weighted by atomic mass is 9.83. The van der Waals surface area contributed by atoms with Gasteiger partial charge in [0.15, 0.2) is 0 Å². The Morgan fingerprint density at radius 1 is 1.06 bits per heavy atom. The Morgan fingerprint density at radius 3 is 2.12 bits per heavy atom. The molecule has 3 nitrogen and oxygen atoms in total. The Bertz CT molecular complexity index is 161. The molecule has 2 N–H and O–H groups in total. The maximum absolute atomic E-state index is 9.47. The topological polar surface area (TPSA) is 35.5 Å². The minimum Gasteiger partial charge on any atom is -0.396 e. The van der Waals surface area contributed by atoms with Gasteiger partial charge < -0.3 is 15.3 Å². The van der Waals surface area contributed by atoms with E-state index in [-0.39, 0.29) is 5.41 Å². The molecule has 3 heteroatoms. The molecule has 17 heavy (non-hydrogen) atoms. The maximum atomic E-state index is 9.47. The third kappa shape index (κ3) is 6.39. The number of aliphatic hydroxyl groups is 1. The van der Waals surface area contributed by atoms with E-state index in [1.165, 1.54) is 13.0 Å². The van der Waals surface area contributed by atoms with Gasteiger partial charge >= 0.3 is 0 Å². The predicted octanol–water partition coefficient (Wildman–Crippen LogP) is 2.11. The van der Waals surface area contributed by atoms with Crippen LogP contribution in [-0.2, 0) is 0 Å². The van der Waals surface area contributed by atoms with Crippen molar-refractivity contribution >= 4 is 0 Å². The van der Waals surface area contributed by atoms with E-state index in [0.717, 1.165) is 39.0 Å². The SMILES string of the molecule is CCCN(CC)CCNCC(CC)(CC)CO. The lowest BCUT2D eigenvalue weighted by Gasteiger charge is -2.30. The van der Waals surface area contributed by atoms with E-state index < -0.39 is 0 Å². The molecule has 0 unspecified atom stereocenters. The van der Waals surface area contributed by atoms with Gasteiger partial charge in [-0.1, -0.05) is 27.7 Å². The van der Waals surface area contributed by atoms with Gasteiger partial charge in [0.25, 0.3) is 0 Å². The molecule has 0 aromatic heterocycles. The fourth-order valence-electron chi connectivity index (χ4n) is 2.11. The van der Waals surface area contributed by atoms with Gasteiger partial charge in [-0.05, 0) is 32.4 Å². The molecular weight excluding hydrogens is 212 g/mol. The van der Waals surface area contributed by atoms with Crippen molar-refractivity contribution in [3.8, 4) is 0 Å². The zero-order valence-corrected chi connectivity index (χ0v) is 12.3. The molecular formula is C14H32N2O. The number of likely N-dealkylation sites (N-methyl/N-ethyl adjacent to an activating group) is 1. The maximum Gasteiger partial charge on any atom is 0.0499 e. The molecule has 0 saturated carbocycles. The van der Waals surface area contributed by atoms with Crippen LogP contribution >= 0.6 is 0 Å². The van der Waals surface area contributed by atoms with Crippen molar-refractivity contribution in [2.45, 2.75) is 47.0 Å². The van der Waals surface area contributed by atoms with Crippen molar-refractivity contribution in [2.24, 2.45) is 5.41 Å². The quantitative estimate of drug-likeness (QED) is 0.546. The zero-order chi connectivity index (χ0) is 13.1. The monoisotopic (exact) mass is 244 g/mol. The van der Waals surface area contributed by atoms with Crippen LogP contribution in [0, 0.1) is 5.41 Å². The van der Waals surface area contributed by atoms with E-state index in [9.17, 15) is 5.11 Å². The molecule has 0 aliphatic heterocycles. The number of nitrogens with one attached hydrogen (secondary N) is 1. The molecule has 0 aromatic rings. The van der Waals surface area contributed by atoms with Crippen LogP contribution in [0.25, 0.3) is 0 Å².